The van der Waals surface area contributed by atoms with Gasteiger partial charge in [-0.2, -0.15) is 17.0 Å². The lowest BCUT2D eigenvalue weighted by Crippen LogP contribution is -2.32. The molecule has 0 spiro atoms. The monoisotopic (exact) mass is 304 g/mol. The van der Waals surface area contributed by atoms with Crippen LogP contribution in [0, 0.1) is 11.3 Å². The topological polar surface area (TPSA) is 70.0 Å². The predicted molar refractivity (Wildman–Crippen MR) is 76.4 cm³/mol. The lowest BCUT2D eigenvalue weighted by Gasteiger charge is -2.12. The SMILES string of the molecule is CCSCCC(C)NS(=O)(=O)c1ccc(C#N)s1. The molecule has 1 atom stereocenters. The molecule has 100 valence electrons. The molecule has 18 heavy (non-hydrogen) atoms. The van der Waals surface area contributed by atoms with Gasteiger partial charge in [0, 0.05) is 6.04 Å². The molecule has 0 amide bonds. The molecule has 1 unspecified atom stereocenters. The Morgan fingerprint density at radius 3 is 2.83 bits per heavy atom. The predicted octanol–water partition coefficient (Wildman–Crippen LogP) is 2.43. The van der Waals surface area contributed by atoms with E-state index in [2.05, 4.69) is 11.6 Å². The first-order valence-corrected chi connectivity index (χ1v) is 9.05. The van der Waals surface area contributed by atoms with E-state index in [4.69, 9.17) is 5.26 Å². The highest BCUT2D eigenvalue weighted by molar-refractivity contribution is 7.99. The fourth-order valence-corrected chi connectivity index (χ4v) is 4.52. The van der Waals surface area contributed by atoms with Crippen molar-refractivity contribution in [3.8, 4) is 6.07 Å². The molecule has 0 fully saturated rings. The van der Waals surface area contributed by atoms with Crippen LogP contribution < -0.4 is 4.72 Å². The fourth-order valence-electron chi connectivity index (χ4n) is 1.31. The summed E-state index contributed by atoms with van der Waals surface area (Å²) in [7, 11) is -3.48. The number of thiophene rings is 1. The van der Waals surface area contributed by atoms with Crippen molar-refractivity contribution in [3.05, 3.63) is 17.0 Å². The van der Waals surface area contributed by atoms with E-state index in [0.29, 0.717) is 4.88 Å². The van der Waals surface area contributed by atoms with Crippen LogP contribution in [0.25, 0.3) is 0 Å². The van der Waals surface area contributed by atoms with Gasteiger partial charge in [-0.1, -0.05) is 6.92 Å². The summed E-state index contributed by atoms with van der Waals surface area (Å²) in [5.41, 5.74) is 0. The minimum absolute atomic E-state index is 0.0957. The molecule has 1 heterocycles. The molecule has 0 radical (unpaired) electrons. The van der Waals surface area contributed by atoms with Crippen molar-refractivity contribution in [3.63, 3.8) is 0 Å². The van der Waals surface area contributed by atoms with Crippen LogP contribution in [0.4, 0.5) is 0 Å². The van der Waals surface area contributed by atoms with Gasteiger partial charge in [0.2, 0.25) is 10.0 Å². The molecule has 0 bridgehead atoms. The van der Waals surface area contributed by atoms with Crippen LogP contribution in [-0.4, -0.2) is 26.0 Å². The smallest absolute Gasteiger partial charge is 0.208 e. The van der Waals surface area contributed by atoms with E-state index in [1.165, 1.54) is 12.1 Å². The van der Waals surface area contributed by atoms with Gasteiger partial charge in [-0.25, -0.2) is 13.1 Å². The van der Waals surface area contributed by atoms with E-state index in [0.717, 1.165) is 29.3 Å². The Hall–Kier alpha value is -0.550. The molecule has 0 saturated heterocycles. The number of sulfonamides is 1. The Labute approximate surface area is 116 Å². The molecule has 0 aromatic carbocycles. The van der Waals surface area contributed by atoms with Crippen LogP contribution in [0.5, 0.6) is 0 Å². The quantitative estimate of drug-likeness (QED) is 0.785. The van der Waals surface area contributed by atoms with Crippen molar-refractivity contribution in [2.45, 2.75) is 30.5 Å². The van der Waals surface area contributed by atoms with E-state index in [-0.39, 0.29) is 10.3 Å². The van der Waals surface area contributed by atoms with Gasteiger partial charge in [0.25, 0.3) is 0 Å². The van der Waals surface area contributed by atoms with Gasteiger partial charge in [-0.3, -0.25) is 0 Å². The summed E-state index contributed by atoms with van der Waals surface area (Å²) in [6.07, 6.45) is 0.800. The highest BCUT2D eigenvalue weighted by atomic mass is 32.2. The third-order valence-electron chi connectivity index (χ3n) is 2.21. The summed E-state index contributed by atoms with van der Waals surface area (Å²) < 4.78 is 26.8. The summed E-state index contributed by atoms with van der Waals surface area (Å²) in [6.45, 7) is 3.93. The summed E-state index contributed by atoms with van der Waals surface area (Å²) in [4.78, 5) is 0.407. The van der Waals surface area contributed by atoms with Gasteiger partial charge < -0.3 is 0 Å². The van der Waals surface area contributed by atoms with E-state index >= 15 is 0 Å². The van der Waals surface area contributed by atoms with Gasteiger partial charge in [0.05, 0.1) is 0 Å². The van der Waals surface area contributed by atoms with Crippen molar-refractivity contribution < 1.29 is 8.42 Å². The molecular weight excluding hydrogens is 288 g/mol. The number of nitrogens with one attached hydrogen (secondary N) is 1. The van der Waals surface area contributed by atoms with E-state index < -0.39 is 10.0 Å². The number of hydrogen-bond donors (Lipinski definition) is 1. The molecule has 1 rings (SSSR count). The second-order valence-electron chi connectivity index (χ2n) is 3.74. The average Bonchev–Trinajstić information content (AvgIpc) is 2.78. The molecule has 1 aromatic heterocycles. The third-order valence-corrected chi connectivity index (χ3v) is 6.22. The molecule has 1 N–H and O–H groups in total. The van der Waals surface area contributed by atoms with Crippen molar-refractivity contribution in [2.75, 3.05) is 11.5 Å². The van der Waals surface area contributed by atoms with Crippen LogP contribution in [0.2, 0.25) is 0 Å². The zero-order valence-corrected chi connectivity index (χ0v) is 12.8. The molecule has 0 aliphatic heterocycles. The van der Waals surface area contributed by atoms with E-state index in [1.54, 1.807) is 11.8 Å². The van der Waals surface area contributed by atoms with Crippen LogP contribution >= 0.6 is 23.1 Å². The van der Waals surface area contributed by atoms with Gasteiger partial charge in [-0.15, -0.1) is 11.3 Å². The third kappa shape index (κ3) is 4.61. The van der Waals surface area contributed by atoms with Crippen LogP contribution in [-0.2, 0) is 10.0 Å². The minimum atomic E-state index is -3.48. The lowest BCUT2D eigenvalue weighted by atomic mass is 10.3. The maximum Gasteiger partial charge on any atom is 0.250 e. The van der Waals surface area contributed by atoms with Gasteiger partial charge in [0.1, 0.15) is 15.2 Å². The minimum Gasteiger partial charge on any atom is -0.208 e. The molecule has 0 aliphatic carbocycles. The second-order valence-corrected chi connectivity index (χ2v) is 8.16. The first-order valence-electron chi connectivity index (χ1n) is 5.59. The van der Waals surface area contributed by atoms with Gasteiger partial charge in [0.15, 0.2) is 0 Å². The lowest BCUT2D eigenvalue weighted by molar-refractivity contribution is 0.559. The molecular formula is C11H16N2O2S3. The first-order chi connectivity index (χ1) is 8.49. The van der Waals surface area contributed by atoms with Crippen LogP contribution in [0.3, 0.4) is 0 Å². The standard InChI is InChI=1S/C11H16N2O2S3/c1-3-16-7-6-9(2)13-18(14,15)11-5-4-10(8-12)17-11/h4-5,9,13H,3,6-7H2,1-2H3. The Bertz CT molecular complexity index is 517. The summed E-state index contributed by atoms with van der Waals surface area (Å²) >= 11 is 2.78. The molecule has 4 nitrogen and oxygen atoms in total. The highest BCUT2D eigenvalue weighted by Crippen LogP contribution is 2.21. The molecule has 7 heteroatoms. The maximum absolute atomic E-state index is 12.0. The molecule has 0 aliphatic rings. The first kappa shape index (κ1) is 15.5. The average molecular weight is 304 g/mol. The molecule has 1 aromatic rings. The zero-order chi connectivity index (χ0) is 13.6. The zero-order valence-electron chi connectivity index (χ0n) is 10.3. The Kier molecular flexibility index (Phi) is 6.15. The number of rotatable bonds is 7. The van der Waals surface area contributed by atoms with Gasteiger partial charge >= 0.3 is 0 Å². The maximum atomic E-state index is 12.0. The van der Waals surface area contributed by atoms with E-state index in [1.807, 2.05) is 13.0 Å². The van der Waals surface area contributed by atoms with E-state index in [9.17, 15) is 8.42 Å². The van der Waals surface area contributed by atoms with Crippen molar-refractivity contribution in [2.24, 2.45) is 0 Å². The van der Waals surface area contributed by atoms with Crippen LogP contribution in [0.15, 0.2) is 16.3 Å². The van der Waals surface area contributed by atoms with Gasteiger partial charge in [-0.05, 0) is 37.0 Å². The number of hydrogen-bond acceptors (Lipinski definition) is 5. The van der Waals surface area contributed by atoms with Crippen molar-refractivity contribution in [1.29, 1.82) is 5.26 Å². The van der Waals surface area contributed by atoms with Crippen molar-refractivity contribution in [1.82, 2.24) is 4.72 Å². The highest BCUT2D eigenvalue weighted by Gasteiger charge is 2.19. The number of nitriles is 1. The Morgan fingerprint density at radius 1 is 1.56 bits per heavy atom. The molecule has 0 saturated carbocycles. The second kappa shape index (κ2) is 7.14. The summed E-state index contributed by atoms with van der Waals surface area (Å²) in [6, 6.07) is 4.84. The Balaban J connectivity index is 2.62. The number of nitrogens with zero attached hydrogens (tertiary/aromatic N) is 1. The van der Waals surface area contributed by atoms with Crippen molar-refractivity contribution >= 4 is 33.1 Å². The number of thioether (sulfide) groups is 1. The normalized spacial score (nSPS) is 13.2. The Morgan fingerprint density at radius 2 is 2.28 bits per heavy atom. The summed E-state index contributed by atoms with van der Waals surface area (Å²) in [5, 5.41) is 8.68. The van der Waals surface area contributed by atoms with Crippen LogP contribution in [0.1, 0.15) is 25.1 Å². The fraction of sp³-hybridized carbons (Fsp3) is 0.545. The summed E-state index contributed by atoms with van der Waals surface area (Å²) in [5.74, 6) is 1.98. The largest absolute Gasteiger partial charge is 0.250 e.